The maximum atomic E-state index is 10.7. The van der Waals surface area contributed by atoms with E-state index in [4.69, 9.17) is 9.84 Å². The quantitative estimate of drug-likeness (QED) is 0.737. The van der Waals surface area contributed by atoms with Crippen LogP contribution in [0.15, 0.2) is 24.3 Å². The summed E-state index contributed by atoms with van der Waals surface area (Å²) in [4.78, 5) is 10.7. The molecule has 0 bridgehead atoms. The van der Waals surface area contributed by atoms with Gasteiger partial charge in [-0.2, -0.15) is 0 Å². The van der Waals surface area contributed by atoms with Crippen LogP contribution in [0.3, 0.4) is 0 Å². The number of ether oxygens (including phenoxy) is 1. The second-order valence-electron chi connectivity index (χ2n) is 3.31. The average molecular weight is 193 g/mol. The van der Waals surface area contributed by atoms with E-state index in [2.05, 4.69) is 5.32 Å². The van der Waals surface area contributed by atoms with Crippen LogP contribution in [-0.2, 0) is 11.2 Å². The zero-order chi connectivity index (χ0) is 9.97. The Morgan fingerprint density at radius 1 is 1.43 bits per heavy atom. The topological polar surface area (TPSA) is 58.6 Å². The van der Waals surface area contributed by atoms with Gasteiger partial charge in [0.2, 0.25) is 0 Å². The van der Waals surface area contributed by atoms with E-state index in [1.54, 1.807) is 12.1 Å². The molecular formula is C10H11NO3. The number of carbonyl (C=O) groups excluding carboxylic acids is 1. The molecule has 1 fully saturated rings. The molecule has 0 aliphatic carbocycles. The van der Waals surface area contributed by atoms with Gasteiger partial charge in [0.1, 0.15) is 12.4 Å². The SMILES string of the molecule is O=C1NC(Cc2ccc(O)cc2)CO1. The zero-order valence-electron chi connectivity index (χ0n) is 7.56. The fraction of sp³-hybridized carbons (Fsp3) is 0.300. The number of alkyl carbamates (subject to hydrolysis) is 1. The lowest BCUT2D eigenvalue weighted by Gasteiger charge is -2.06. The molecule has 0 radical (unpaired) electrons. The molecule has 0 aromatic heterocycles. The minimum Gasteiger partial charge on any atom is -0.508 e. The lowest BCUT2D eigenvalue weighted by Crippen LogP contribution is -2.28. The van der Waals surface area contributed by atoms with Crippen molar-refractivity contribution in [3.05, 3.63) is 29.8 Å². The summed E-state index contributed by atoms with van der Waals surface area (Å²) in [6, 6.07) is 6.98. The standard InChI is InChI=1S/C10H11NO3/c12-9-3-1-7(2-4-9)5-8-6-14-10(13)11-8/h1-4,8,12H,5-6H2,(H,11,13). The number of rotatable bonds is 2. The number of hydrogen-bond donors (Lipinski definition) is 2. The third-order valence-electron chi connectivity index (χ3n) is 2.16. The van der Waals surface area contributed by atoms with Crippen molar-refractivity contribution in [2.24, 2.45) is 0 Å². The van der Waals surface area contributed by atoms with Crippen LogP contribution in [0.25, 0.3) is 0 Å². The van der Waals surface area contributed by atoms with Crippen LogP contribution >= 0.6 is 0 Å². The first-order valence-electron chi connectivity index (χ1n) is 4.45. The van der Waals surface area contributed by atoms with Gasteiger partial charge >= 0.3 is 6.09 Å². The Labute approximate surface area is 81.5 Å². The molecular weight excluding hydrogens is 182 g/mol. The van der Waals surface area contributed by atoms with E-state index >= 15 is 0 Å². The maximum Gasteiger partial charge on any atom is 0.407 e. The van der Waals surface area contributed by atoms with Crippen LogP contribution in [-0.4, -0.2) is 23.8 Å². The van der Waals surface area contributed by atoms with E-state index in [9.17, 15) is 4.79 Å². The summed E-state index contributed by atoms with van der Waals surface area (Å²) in [5, 5.41) is 11.8. The number of phenols is 1. The summed E-state index contributed by atoms with van der Waals surface area (Å²) < 4.78 is 4.76. The Kier molecular flexibility index (Phi) is 2.26. The van der Waals surface area contributed by atoms with Crippen molar-refractivity contribution in [3.8, 4) is 5.75 Å². The molecule has 0 spiro atoms. The Morgan fingerprint density at radius 3 is 2.71 bits per heavy atom. The molecule has 1 atom stereocenters. The highest BCUT2D eigenvalue weighted by Crippen LogP contribution is 2.12. The first-order valence-corrected chi connectivity index (χ1v) is 4.45. The van der Waals surface area contributed by atoms with Crippen molar-refractivity contribution in [2.45, 2.75) is 12.5 Å². The molecule has 4 nitrogen and oxygen atoms in total. The second kappa shape index (κ2) is 3.57. The highest BCUT2D eigenvalue weighted by molar-refractivity contribution is 5.69. The first kappa shape index (κ1) is 8.87. The Morgan fingerprint density at radius 2 is 2.14 bits per heavy atom. The van der Waals surface area contributed by atoms with E-state index in [-0.39, 0.29) is 17.9 Å². The van der Waals surface area contributed by atoms with Gasteiger partial charge < -0.3 is 15.2 Å². The molecule has 1 amide bonds. The van der Waals surface area contributed by atoms with Crippen molar-refractivity contribution < 1.29 is 14.6 Å². The molecule has 74 valence electrons. The van der Waals surface area contributed by atoms with Crippen LogP contribution in [0.4, 0.5) is 4.79 Å². The summed E-state index contributed by atoms with van der Waals surface area (Å²) in [6.45, 7) is 0.416. The van der Waals surface area contributed by atoms with E-state index in [0.717, 1.165) is 12.0 Å². The smallest absolute Gasteiger partial charge is 0.407 e. The number of cyclic esters (lactones) is 1. The summed E-state index contributed by atoms with van der Waals surface area (Å²) in [5.41, 5.74) is 1.07. The van der Waals surface area contributed by atoms with Crippen LogP contribution in [0.1, 0.15) is 5.56 Å². The molecule has 1 aromatic rings. The monoisotopic (exact) mass is 193 g/mol. The van der Waals surface area contributed by atoms with Gasteiger partial charge in [-0.25, -0.2) is 4.79 Å². The lowest BCUT2D eigenvalue weighted by atomic mass is 10.1. The van der Waals surface area contributed by atoms with Gasteiger partial charge in [-0.1, -0.05) is 12.1 Å². The van der Waals surface area contributed by atoms with E-state index < -0.39 is 0 Å². The summed E-state index contributed by atoms with van der Waals surface area (Å²) in [7, 11) is 0. The van der Waals surface area contributed by atoms with Gasteiger partial charge in [0.05, 0.1) is 6.04 Å². The number of carbonyl (C=O) groups is 1. The van der Waals surface area contributed by atoms with Gasteiger partial charge in [0.15, 0.2) is 0 Å². The molecule has 1 unspecified atom stereocenters. The second-order valence-corrected chi connectivity index (χ2v) is 3.31. The van der Waals surface area contributed by atoms with Crippen molar-refractivity contribution in [2.75, 3.05) is 6.61 Å². The van der Waals surface area contributed by atoms with Gasteiger partial charge in [0, 0.05) is 0 Å². The van der Waals surface area contributed by atoms with Crippen LogP contribution in [0, 0.1) is 0 Å². The molecule has 2 N–H and O–H groups in total. The van der Waals surface area contributed by atoms with Gasteiger partial charge in [-0.05, 0) is 24.1 Å². The summed E-state index contributed by atoms with van der Waals surface area (Å²) in [6.07, 6.45) is 0.375. The van der Waals surface area contributed by atoms with E-state index in [0.29, 0.717) is 6.61 Å². The number of phenolic OH excluding ortho intramolecular Hbond substituents is 1. The predicted molar refractivity (Wildman–Crippen MR) is 50.1 cm³/mol. The highest BCUT2D eigenvalue weighted by atomic mass is 16.6. The van der Waals surface area contributed by atoms with Crippen molar-refractivity contribution in [3.63, 3.8) is 0 Å². The maximum absolute atomic E-state index is 10.7. The molecule has 0 saturated carbocycles. The molecule has 1 aliphatic rings. The number of aromatic hydroxyl groups is 1. The Balaban J connectivity index is 1.97. The van der Waals surface area contributed by atoms with E-state index in [1.165, 1.54) is 0 Å². The molecule has 4 heteroatoms. The number of benzene rings is 1. The zero-order valence-corrected chi connectivity index (χ0v) is 7.56. The Hall–Kier alpha value is -1.71. The molecule has 1 aliphatic heterocycles. The number of hydrogen-bond acceptors (Lipinski definition) is 3. The Bertz CT molecular complexity index is 334. The van der Waals surface area contributed by atoms with Gasteiger partial charge in [-0.3, -0.25) is 0 Å². The molecule has 2 rings (SSSR count). The van der Waals surface area contributed by atoms with Crippen LogP contribution in [0.5, 0.6) is 5.75 Å². The third kappa shape index (κ3) is 1.96. The number of amides is 1. The fourth-order valence-electron chi connectivity index (χ4n) is 1.45. The van der Waals surface area contributed by atoms with Crippen molar-refractivity contribution in [1.82, 2.24) is 5.32 Å². The largest absolute Gasteiger partial charge is 0.508 e. The van der Waals surface area contributed by atoms with Crippen LogP contribution in [0.2, 0.25) is 0 Å². The van der Waals surface area contributed by atoms with Crippen molar-refractivity contribution in [1.29, 1.82) is 0 Å². The molecule has 1 aromatic carbocycles. The number of nitrogens with one attached hydrogen (secondary N) is 1. The van der Waals surface area contributed by atoms with Crippen LogP contribution < -0.4 is 5.32 Å². The first-order chi connectivity index (χ1) is 6.74. The average Bonchev–Trinajstić information content (AvgIpc) is 2.56. The summed E-state index contributed by atoms with van der Waals surface area (Å²) >= 11 is 0. The molecule has 1 saturated heterocycles. The van der Waals surface area contributed by atoms with Gasteiger partial charge in [-0.15, -0.1) is 0 Å². The minimum absolute atomic E-state index is 0.0482. The van der Waals surface area contributed by atoms with Crippen molar-refractivity contribution >= 4 is 6.09 Å². The van der Waals surface area contributed by atoms with E-state index in [1.807, 2.05) is 12.1 Å². The summed E-state index contributed by atoms with van der Waals surface area (Å²) in [5.74, 6) is 0.250. The molecule has 1 heterocycles. The lowest BCUT2D eigenvalue weighted by molar-refractivity contribution is 0.177. The van der Waals surface area contributed by atoms with Gasteiger partial charge in [0.25, 0.3) is 0 Å². The highest BCUT2D eigenvalue weighted by Gasteiger charge is 2.21. The molecule has 14 heavy (non-hydrogen) atoms. The minimum atomic E-state index is -0.353. The normalized spacial score (nSPS) is 20.3. The third-order valence-corrected chi connectivity index (χ3v) is 2.16. The fourth-order valence-corrected chi connectivity index (χ4v) is 1.45. The predicted octanol–water partition coefficient (Wildman–Crippen LogP) is 1.04.